The molecule has 2 aromatic carbocycles. The van der Waals surface area contributed by atoms with Gasteiger partial charge in [-0.1, -0.05) is 24.1 Å². The number of fused-ring (bicyclic) bond motifs is 1. The smallest absolute Gasteiger partial charge is 0.240 e. The minimum Gasteiger partial charge on any atom is -0.394 e. The van der Waals surface area contributed by atoms with Crippen LogP contribution in [0.25, 0.3) is 11.0 Å². The van der Waals surface area contributed by atoms with Gasteiger partial charge < -0.3 is 24.8 Å². The largest absolute Gasteiger partial charge is 0.394 e. The summed E-state index contributed by atoms with van der Waals surface area (Å²) >= 11 is 5.94. The summed E-state index contributed by atoms with van der Waals surface area (Å²) in [5, 5.41) is 13.8. The first kappa shape index (κ1) is 24.0. The summed E-state index contributed by atoms with van der Waals surface area (Å²) in [5.74, 6) is -0.252. The zero-order valence-electron chi connectivity index (χ0n) is 19.8. The quantitative estimate of drug-likeness (QED) is 0.561. The van der Waals surface area contributed by atoms with Gasteiger partial charge in [-0.15, -0.1) is 0 Å². The Hall–Kier alpha value is -2.68. The first-order valence-electron chi connectivity index (χ1n) is 12.3. The Morgan fingerprint density at radius 3 is 2.86 bits per heavy atom. The number of carbonyl (C=O) groups is 1. The number of piperidine rings is 1. The van der Waals surface area contributed by atoms with Crippen molar-refractivity contribution in [1.82, 2.24) is 19.8 Å². The van der Waals surface area contributed by atoms with Crippen molar-refractivity contribution in [2.24, 2.45) is 0 Å². The SMILES string of the molecule is CC(c1ccc(Cl)cc1F)n1cnc2ccc(N3CCN(C(=O)[C@H]4CCCCN4)[C@H](CO)C3)cc21. The Kier molecular flexibility index (Phi) is 6.95. The van der Waals surface area contributed by atoms with Gasteiger partial charge in [0.1, 0.15) is 5.82 Å². The third-order valence-corrected chi connectivity index (χ3v) is 7.57. The zero-order chi connectivity index (χ0) is 24.5. The van der Waals surface area contributed by atoms with Crippen LogP contribution in [0.3, 0.4) is 0 Å². The van der Waals surface area contributed by atoms with Crippen molar-refractivity contribution in [2.45, 2.75) is 44.3 Å². The van der Waals surface area contributed by atoms with E-state index in [-0.39, 0.29) is 36.5 Å². The van der Waals surface area contributed by atoms with Gasteiger partial charge in [0, 0.05) is 35.9 Å². The second-order valence-electron chi connectivity index (χ2n) is 9.48. The lowest BCUT2D eigenvalue weighted by molar-refractivity contribution is -0.137. The molecule has 186 valence electrons. The van der Waals surface area contributed by atoms with Crippen LogP contribution in [0.5, 0.6) is 0 Å². The zero-order valence-corrected chi connectivity index (χ0v) is 20.6. The number of benzene rings is 2. The van der Waals surface area contributed by atoms with Crippen LogP contribution in [0.2, 0.25) is 5.02 Å². The molecule has 0 radical (unpaired) electrons. The van der Waals surface area contributed by atoms with E-state index in [1.165, 1.54) is 6.07 Å². The number of anilines is 1. The maximum atomic E-state index is 14.6. The van der Waals surface area contributed by atoms with Crippen molar-refractivity contribution in [3.05, 3.63) is 59.1 Å². The van der Waals surface area contributed by atoms with Crippen molar-refractivity contribution in [2.75, 3.05) is 37.7 Å². The maximum absolute atomic E-state index is 14.6. The fourth-order valence-electron chi connectivity index (χ4n) is 5.31. The minimum atomic E-state index is -0.345. The maximum Gasteiger partial charge on any atom is 0.240 e. The molecule has 9 heteroatoms. The molecule has 2 fully saturated rings. The summed E-state index contributed by atoms with van der Waals surface area (Å²) in [6.07, 6.45) is 4.74. The number of hydrogen-bond donors (Lipinski definition) is 2. The van der Waals surface area contributed by atoms with Gasteiger partial charge in [0.05, 0.1) is 42.1 Å². The highest BCUT2D eigenvalue weighted by molar-refractivity contribution is 6.30. The van der Waals surface area contributed by atoms with Gasteiger partial charge in [0.25, 0.3) is 0 Å². The monoisotopic (exact) mass is 499 g/mol. The fraction of sp³-hybridized carbons (Fsp3) is 0.462. The van der Waals surface area contributed by atoms with E-state index in [4.69, 9.17) is 11.6 Å². The van der Waals surface area contributed by atoms with E-state index in [0.29, 0.717) is 30.2 Å². The molecular formula is C26H31ClFN5O2. The molecular weight excluding hydrogens is 469 g/mol. The van der Waals surface area contributed by atoms with Crippen LogP contribution in [-0.4, -0.2) is 70.3 Å². The minimum absolute atomic E-state index is 0.0813. The fourth-order valence-corrected chi connectivity index (χ4v) is 5.47. The molecule has 7 nitrogen and oxygen atoms in total. The van der Waals surface area contributed by atoms with Gasteiger partial charge in [0.15, 0.2) is 0 Å². The van der Waals surface area contributed by atoms with Gasteiger partial charge in [-0.3, -0.25) is 4.79 Å². The predicted molar refractivity (Wildman–Crippen MR) is 135 cm³/mol. The average Bonchev–Trinajstić information content (AvgIpc) is 3.31. The number of amides is 1. The van der Waals surface area contributed by atoms with E-state index in [2.05, 4.69) is 21.3 Å². The highest BCUT2D eigenvalue weighted by atomic mass is 35.5. The third kappa shape index (κ3) is 4.75. The van der Waals surface area contributed by atoms with Crippen LogP contribution >= 0.6 is 11.6 Å². The lowest BCUT2D eigenvalue weighted by Gasteiger charge is -2.43. The number of piperazine rings is 1. The molecule has 2 aliphatic heterocycles. The molecule has 2 N–H and O–H groups in total. The number of rotatable bonds is 5. The molecule has 2 saturated heterocycles. The van der Waals surface area contributed by atoms with E-state index >= 15 is 0 Å². The Morgan fingerprint density at radius 2 is 2.11 bits per heavy atom. The second-order valence-corrected chi connectivity index (χ2v) is 9.92. The second kappa shape index (κ2) is 10.1. The molecule has 0 bridgehead atoms. The molecule has 1 unspecified atom stereocenters. The highest BCUT2D eigenvalue weighted by Crippen LogP contribution is 2.30. The van der Waals surface area contributed by atoms with Crippen molar-refractivity contribution in [3.63, 3.8) is 0 Å². The number of imidazole rings is 1. The van der Waals surface area contributed by atoms with Crippen LogP contribution in [-0.2, 0) is 4.79 Å². The van der Waals surface area contributed by atoms with E-state index in [1.54, 1.807) is 18.5 Å². The number of halogens is 2. The molecule has 35 heavy (non-hydrogen) atoms. The molecule has 0 saturated carbocycles. The number of aromatic nitrogens is 2. The first-order valence-corrected chi connectivity index (χ1v) is 12.6. The Morgan fingerprint density at radius 1 is 1.26 bits per heavy atom. The summed E-state index contributed by atoms with van der Waals surface area (Å²) in [4.78, 5) is 21.6. The summed E-state index contributed by atoms with van der Waals surface area (Å²) in [5.41, 5.74) is 3.26. The normalized spacial score (nSPS) is 21.9. The van der Waals surface area contributed by atoms with Crippen LogP contribution in [0.4, 0.5) is 10.1 Å². The number of hydrogen-bond acceptors (Lipinski definition) is 5. The standard InChI is InChI=1S/C26H31ClFN5O2/c1-17(21-7-5-18(27)12-22(21)28)33-16-30-23-8-6-19(13-25(23)33)31-10-11-32(20(14-31)15-34)26(35)24-4-2-3-9-29-24/h5-8,12-13,16-17,20,24,29,34H,2-4,9-11,14-15H2,1H3/t17?,20-,24+/m0/s1. The molecule has 1 amide bonds. The molecule has 2 aliphatic rings. The van der Waals surface area contributed by atoms with Gasteiger partial charge in [-0.25, -0.2) is 9.37 Å². The first-order chi connectivity index (χ1) is 17.0. The van der Waals surface area contributed by atoms with Gasteiger partial charge in [-0.05, 0) is 56.6 Å². The number of aliphatic hydroxyl groups excluding tert-OH is 1. The van der Waals surface area contributed by atoms with Gasteiger partial charge in [0.2, 0.25) is 5.91 Å². The number of aliphatic hydroxyl groups is 1. The van der Waals surface area contributed by atoms with E-state index in [1.807, 2.05) is 28.5 Å². The molecule has 3 atom stereocenters. The van der Waals surface area contributed by atoms with Crippen LogP contribution in [0.15, 0.2) is 42.7 Å². The van der Waals surface area contributed by atoms with E-state index < -0.39 is 0 Å². The van der Waals surface area contributed by atoms with Gasteiger partial charge in [-0.2, -0.15) is 0 Å². The Bertz CT molecular complexity index is 1210. The molecule has 3 aromatic rings. The van der Waals surface area contributed by atoms with E-state index in [0.717, 1.165) is 42.5 Å². The molecule has 0 spiro atoms. The molecule has 0 aliphatic carbocycles. The van der Waals surface area contributed by atoms with Crippen LogP contribution in [0, 0.1) is 5.82 Å². The number of nitrogens with zero attached hydrogens (tertiary/aromatic N) is 4. The summed E-state index contributed by atoms with van der Waals surface area (Å²) in [7, 11) is 0. The highest BCUT2D eigenvalue weighted by Gasteiger charge is 2.34. The molecule has 3 heterocycles. The Balaban J connectivity index is 1.37. The van der Waals surface area contributed by atoms with Gasteiger partial charge >= 0.3 is 0 Å². The number of nitrogens with one attached hydrogen (secondary N) is 1. The summed E-state index contributed by atoms with van der Waals surface area (Å²) in [6.45, 7) is 4.51. The van der Waals surface area contributed by atoms with Crippen LogP contribution < -0.4 is 10.2 Å². The summed E-state index contributed by atoms with van der Waals surface area (Å²) in [6, 6.07) is 10.1. The lowest BCUT2D eigenvalue weighted by atomic mass is 10.0. The average molecular weight is 500 g/mol. The Labute approximate surface area is 209 Å². The van der Waals surface area contributed by atoms with Crippen molar-refractivity contribution < 1.29 is 14.3 Å². The number of carbonyl (C=O) groups excluding carboxylic acids is 1. The van der Waals surface area contributed by atoms with Crippen LogP contribution in [0.1, 0.15) is 37.8 Å². The topological polar surface area (TPSA) is 73.6 Å². The van der Waals surface area contributed by atoms with Crippen molar-refractivity contribution in [1.29, 1.82) is 0 Å². The van der Waals surface area contributed by atoms with Crippen molar-refractivity contribution >= 4 is 34.2 Å². The lowest BCUT2D eigenvalue weighted by Crippen LogP contribution is -2.60. The molecule has 1 aromatic heterocycles. The predicted octanol–water partition coefficient (Wildman–Crippen LogP) is 3.59. The van der Waals surface area contributed by atoms with Crippen molar-refractivity contribution in [3.8, 4) is 0 Å². The summed E-state index contributed by atoms with van der Waals surface area (Å²) < 4.78 is 16.6. The molecule has 5 rings (SSSR count). The third-order valence-electron chi connectivity index (χ3n) is 7.34. The van der Waals surface area contributed by atoms with E-state index in [9.17, 15) is 14.3 Å².